The number of carbonyl (C=O) groups excluding carboxylic acids is 2. The highest BCUT2D eigenvalue weighted by Crippen LogP contribution is 2.11. The van der Waals surface area contributed by atoms with Gasteiger partial charge in [-0.1, -0.05) is 51.3 Å². The minimum absolute atomic E-state index is 0.00466. The Morgan fingerprint density at radius 3 is 2.52 bits per heavy atom. The second-order valence-corrected chi connectivity index (χ2v) is 6.04. The van der Waals surface area contributed by atoms with Crippen molar-refractivity contribution in [3.05, 3.63) is 35.4 Å². The first-order chi connectivity index (χ1) is 11.1. The van der Waals surface area contributed by atoms with Gasteiger partial charge >= 0.3 is 0 Å². The summed E-state index contributed by atoms with van der Waals surface area (Å²) in [6.07, 6.45) is 4.97. The van der Waals surface area contributed by atoms with Crippen LogP contribution in [0.25, 0.3) is 0 Å². The quantitative estimate of drug-likeness (QED) is 0.694. The molecule has 1 aromatic carbocycles. The molecule has 0 radical (unpaired) electrons. The normalized spacial score (nSPS) is 11.8. The van der Waals surface area contributed by atoms with Crippen molar-refractivity contribution in [2.75, 3.05) is 13.1 Å². The van der Waals surface area contributed by atoms with E-state index in [1.807, 2.05) is 25.1 Å². The van der Waals surface area contributed by atoms with Gasteiger partial charge in [-0.2, -0.15) is 0 Å². The first-order valence-corrected chi connectivity index (χ1v) is 8.69. The summed E-state index contributed by atoms with van der Waals surface area (Å²) in [5, 5.41) is 5.78. The molecule has 1 rings (SSSR count). The SMILES string of the molecule is CCCCC(CC)CNC(=O)CCNC(=O)c1ccccc1C. The molecule has 0 saturated heterocycles. The fourth-order valence-electron chi connectivity index (χ4n) is 2.50. The number of hydrogen-bond acceptors (Lipinski definition) is 2. The van der Waals surface area contributed by atoms with E-state index in [2.05, 4.69) is 24.5 Å². The number of nitrogens with one attached hydrogen (secondary N) is 2. The Labute approximate surface area is 140 Å². The van der Waals surface area contributed by atoms with Crippen molar-refractivity contribution in [3.8, 4) is 0 Å². The molecule has 0 heterocycles. The van der Waals surface area contributed by atoms with Crippen LogP contribution in [0.1, 0.15) is 61.9 Å². The minimum atomic E-state index is -0.120. The molecule has 1 atom stereocenters. The second-order valence-electron chi connectivity index (χ2n) is 6.04. The van der Waals surface area contributed by atoms with Gasteiger partial charge < -0.3 is 10.6 Å². The van der Waals surface area contributed by atoms with Gasteiger partial charge in [-0.15, -0.1) is 0 Å². The van der Waals surface area contributed by atoms with Gasteiger partial charge in [0, 0.05) is 25.1 Å². The van der Waals surface area contributed by atoms with Crippen molar-refractivity contribution >= 4 is 11.8 Å². The van der Waals surface area contributed by atoms with Gasteiger partial charge in [-0.3, -0.25) is 9.59 Å². The lowest BCUT2D eigenvalue weighted by atomic mass is 9.99. The molecule has 1 aromatic rings. The van der Waals surface area contributed by atoms with Crippen LogP contribution in [0, 0.1) is 12.8 Å². The Morgan fingerprint density at radius 2 is 1.87 bits per heavy atom. The molecule has 4 nitrogen and oxygen atoms in total. The summed E-state index contributed by atoms with van der Waals surface area (Å²) in [5.74, 6) is 0.441. The first kappa shape index (κ1) is 19.2. The summed E-state index contributed by atoms with van der Waals surface area (Å²) in [5.41, 5.74) is 1.61. The van der Waals surface area contributed by atoms with Crippen LogP contribution in [0.2, 0.25) is 0 Å². The smallest absolute Gasteiger partial charge is 0.251 e. The van der Waals surface area contributed by atoms with Crippen molar-refractivity contribution in [2.24, 2.45) is 5.92 Å². The molecule has 0 saturated carbocycles. The molecule has 0 aliphatic heterocycles. The predicted molar refractivity (Wildman–Crippen MR) is 94.4 cm³/mol. The maximum absolute atomic E-state index is 12.0. The topological polar surface area (TPSA) is 58.2 Å². The average Bonchev–Trinajstić information content (AvgIpc) is 2.55. The van der Waals surface area contributed by atoms with Crippen LogP contribution in [0.15, 0.2) is 24.3 Å². The molecular formula is C19H30N2O2. The van der Waals surface area contributed by atoms with E-state index >= 15 is 0 Å². The highest BCUT2D eigenvalue weighted by molar-refractivity contribution is 5.95. The predicted octanol–water partition coefficient (Wildman–Crippen LogP) is 3.45. The molecule has 23 heavy (non-hydrogen) atoms. The van der Waals surface area contributed by atoms with Crippen molar-refractivity contribution in [2.45, 2.75) is 52.9 Å². The molecule has 0 aliphatic carbocycles. The molecule has 0 fully saturated rings. The van der Waals surface area contributed by atoms with Crippen molar-refractivity contribution in [1.29, 1.82) is 0 Å². The Bertz CT molecular complexity index is 500. The third kappa shape index (κ3) is 7.31. The number of amides is 2. The lowest BCUT2D eigenvalue weighted by Crippen LogP contribution is -2.33. The monoisotopic (exact) mass is 318 g/mol. The van der Waals surface area contributed by atoms with Crippen LogP contribution in [0.3, 0.4) is 0 Å². The van der Waals surface area contributed by atoms with Crippen LogP contribution < -0.4 is 10.6 Å². The summed E-state index contributed by atoms with van der Waals surface area (Å²) in [6.45, 7) is 7.35. The molecular weight excluding hydrogens is 288 g/mol. The zero-order valence-corrected chi connectivity index (χ0v) is 14.7. The van der Waals surface area contributed by atoms with Gasteiger partial charge in [0.25, 0.3) is 5.91 Å². The maximum atomic E-state index is 12.0. The van der Waals surface area contributed by atoms with Crippen molar-refractivity contribution in [1.82, 2.24) is 10.6 Å². The highest BCUT2D eigenvalue weighted by atomic mass is 16.2. The molecule has 0 aromatic heterocycles. The summed E-state index contributed by atoms with van der Waals surface area (Å²) in [7, 11) is 0. The van der Waals surface area contributed by atoms with Gasteiger partial charge in [-0.05, 0) is 30.9 Å². The van der Waals surface area contributed by atoms with E-state index in [-0.39, 0.29) is 11.8 Å². The van der Waals surface area contributed by atoms with Crippen molar-refractivity contribution in [3.63, 3.8) is 0 Å². The second kappa shape index (κ2) is 10.8. The number of rotatable bonds is 10. The average molecular weight is 318 g/mol. The fraction of sp³-hybridized carbons (Fsp3) is 0.579. The third-order valence-corrected chi connectivity index (χ3v) is 4.16. The van der Waals surface area contributed by atoms with Gasteiger partial charge in [0.05, 0.1) is 0 Å². The van der Waals surface area contributed by atoms with Gasteiger partial charge in [0.1, 0.15) is 0 Å². The van der Waals surface area contributed by atoms with Crippen molar-refractivity contribution < 1.29 is 9.59 Å². The Hall–Kier alpha value is -1.84. The Morgan fingerprint density at radius 1 is 1.13 bits per heavy atom. The number of carbonyl (C=O) groups is 2. The summed E-state index contributed by atoms with van der Waals surface area (Å²) >= 11 is 0. The van der Waals surface area contributed by atoms with Crippen LogP contribution >= 0.6 is 0 Å². The lowest BCUT2D eigenvalue weighted by Gasteiger charge is -2.15. The molecule has 2 N–H and O–H groups in total. The largest absolute Gasteiger partial charge is 0.356 e. The van der Waals surface area contributed by atoms with E-state index in [1.165, 1.54) is 12.8 Å². The van der Waals surface area contributed by atoms with Crippen LogP contribution in [0.5, 0.6) is 0 Å². The number of unbranched alkanes of at least 4 members (excludes halogenated alkanes) is 1. The summed E-state index contributed by atoms with van der Waals surface area (Å²) < 4.78 is 0. The zero-order valence-electron chi connectivity index (χ0n) is 14.7. The van der Waals surface area contributed by atoms with E-state index in [0.29, 0.717) is 24.4 Å². The number of hydrogen-bond donors (Lipinski definition) is 2. The molecule has 0 bridgehead atoms. The van der Waals surface area contributed by atoms with Crippen LogP contribution in [-0.4, -0.2) is 24.9 Å². The first-order valence-electron chi connectivity index (χ1n) is 8.69. The zero-order chi connectivity index (χ0) is 17.1. The highest BCUT2D eigenvalue weighted by Gasteiger charge is 2.10. The Kier molecular flexibility index (Phi) is 9.03. The molecule has 0 aliphatic rings. The minimum Gasteiger partial charge on any atom is -0.356 e. The van der Waals surface area contributed by atoms with Gasteiger partial charge in [-0.25, -0.2) is 0 Å². The summed E-state index contributed by atoms with van der Waals surface area (Å²) in [4.78, 5) is 23.9. The van der Waals surface area contributed by atoms with E-state index in [0.717, 1.165) is 24.9 Å². The number of benzene rings is 1. The number of aryl methyl sites for hydroxylation is 1. The fourth-order valence-corrected chi connectivity index (χ4v) is 2.50. The third-order valence-electron chi connectivity index (χ3n) is 4.16. The lowest BCUT2D eigenvalue weighted by molar-refractivity contribution is -0.121. The molecule has 2 amide bonds. The van der Waals surface area contributed by atoms with E-state index in [4.69, 9.17) is 0 Å². The molecule has 128 valence electrons. The molecule has 0 spiro atoms. The maximum Gasteiger partial charge on any atom is 0.251 e. The van der Waals surface area contributed by atoms with Crippen LogP contribution in [0.4, 0.5) is 0 Å². The summed E-state index contributed by atoms with van der Waals surface area (Å²) in [6, 6.07) is 7.45. The Balaban J connectivity index is 2.26. The van der Waals surface area contributed by atoms with E-state index < -0.39 is 0 Å². The molecule has 1 unspecified atom stereocenters. The standard InChI is InChI=1S/C19H30N2O2/c1-4-6-10-16(5-2)14-21-18(22)12-13-20-19(23)17-11-8-7-9-15(17)3/h7-9,11,16H,4-6,10,12-14H2,1-3H3,(H,20,23)(H,21,22). The van der Waals surface area contributed by atoms with E-state index in [1.54, 1.807) is 6.07 Å². The van der Waals surface area contributed by atoms with Gasteiger partial charge in [0.15, 0.2) is 0 Å². The van der Waals surface area contributed by atoms with Crippen LogP contribution in [-0.2, 0) is 4.79 Å². The van der Waals surface area contributed by atoms with E-state index in [9.17, 15) is 9.59 Å². The molecule has 4 heteroatoms. The van der Waals surface area contributed by atoms with Gasteiger partial charge in [0.2, 0.25) is 5.91 Å².